The molecule has 0 bridgehead atoms. The molecule has 4 N–H and O–H groups in total. The molecule has 0 saturated heterocycles. The van der Waals surface area contributed by atoms with E-state index >= 15 is 0 Å². The van der Waals surface area contributed by atoms with E-state index in [1.165, 1.54) is 29.2 Å². The highest BCUT2D eigenvalue weighted by Crippen LogP contribution is 2.39. The Morgan fingerprint density at radius 1 is 1.25 bits per heavy atom. The Labute approximate surface area is 181 Å². The van der Waals surface area contributed by atoms with Crippen molar-refractivity contribution in [3.63, 3.8) is 0 Å². The summed E-state index contributed by atoms with van der Waals surface area (Å²) in [6.45, 7) is -1.13. The number of carboxylic acid groups (broad SMARTS) is 1. The number of hydrogen-bond acceptors (Lipinski definition) is 5. The second-order valence-corrected chi connectivity index (χ2v) is 6.91. The van der Waals surface area contributed by atoms with Crippen LogP contribution < -0.4 is 20.5 Å². The molecule has 1 unspecified atom stereocenters. The number of anilines is 1. The van der Waals surface area contributed by atoms with Crippen LogP contribution in [-0.4, -0.2) is 41.1 Å². The molecule has 170 valence electrons. The summed E-state index contributed by atoms with van der Waals surface area (Å²) in [5, 5.41) is 11.2. The maximum Gasteiger partial charge on any atom is 0.409 e. The van der Waals surface area contributed by atoms with Gasteiger partial charge in [-0.05, 0) is 36.2 Å². The number of benzene rings is 2. The molecule has 3 amide bonds. The zero-order chi connectivity index (χ0) is 23.4. The maximum absolute atomic E-state index is 13.2. The van der Waals surface area contributed by atoms with E-state index in [1.54, 1.807) is 19.1 Å². The highest BCUT2D eigenvalue weighted by molar-refractivity contribution is 6.06. The lowest BCUT2D eigenvalue weighted by Crippen LogP contribution is -2.32. The van der Waals surface area contributed by atoms with Gasteiger partial charge in [0.25, 0.3) is 5.91 Å². The first-order chi connectivity index (χ1) is 15.2. The fraction of sp³-hybridized carbons (Fsp3) is 0.286. The van der Waals surface area contributed by atoms with Gasteiger partial charge in [0.2, 0.25) is 5.91 Å². The number of nitrogens with one attached hydrogen (secondary N) is 1. The summed E-state index contributed by atoms with van der Waals surface area (Å²) in [5.74, 6) is -1.35. The quantitative estimate of drug-likeness (QED) is 0.538. The van der Waals surface area contributed by atoms with Gasteiger partial charge in [-0.3, -0.25) is 14.9 Å². The molecular formula is C21H21F2N3O6. The third kappa shape index (κ3) is 4.88. The molecule has 32 heavy (non-hydrogen) atoms. The summed E-state index contributed by atoms with van der Waals surface area (Å²) in [4.78, 5) is 37.5. The van der Waals surface area contributed by atoms with Gasteiger partial charge in [-0.15, -0.1) is 0 Å². The molecule has 0 saturated carbocycles. The second kappa shape index (κ2) is 9.50. The van der Waals surface area contributed by atoms with Gasteiger partial charge in [-0.1, -0.05) is 18.2 Å². The zero-order valence-corrected chi connectivity index (χ0v) is 17.0. The van der Waals surface area contributed by atoms with Gasteiger partial charge in [-0.2, -0.15) is 8.78 Å². The Bertz CT molecular complexity index is 1050. The lowest BCUT2D eigenvalue weighted by Gasteiger charge is -2.28. The van der Waals surface area contributed by atoms with Crippen LogP contribution in [0.4, 0.5) is 19.3 Å². The van der Waals surface area contributed by atoms with Crippen LogP contribution in [0.3, 0.4) is 0 Å². The first kappa shape index (κ1) is 22.8. The number of rotatable bonds is 9. The average molecular weight is 449 g/mol. The normalized spacial score (nSPS) is 13.6. The maximum atomic E-state index is 13.2. The number of nitrogens with zero attached hydrogens (tertiary/aromatic N) is 1. The fourth-order valence-electron chi connectivity index (χ4n) is 3.65. The highest BCUT2D eigenvalue weighted by Gasteiger charge is 2.36. The van der Waals surface area contributed by atoms with Crippen LogP contribution in [0.5, 0.6) is 11.5 Å². The van der Waals surface area contributed by atoms with E-state index in [-0.39, 0.29) is 42.3 Å². The minimum Gasteiger partial charge on any atom is -0.490 e. The van der Waals surface area contributed by atoms with Crippen LogP contribution in [0, 0.1) is 0 Å². The standard InChI is InChI=1S/C21H21F2N3O6/c1-2-31-16-8-11(6-7-15(16)32-20(22)23)14(9-17(24)27)26-10-12-4-3-5-13(25-21(29)30)18(12)19(26)28/h3-8,14,20,25H,2,9-10H2,1H3,(H2,24,27)(H,29,30). The smallest absolute Gasteiger partial charge is 0.409 e. The van der Waals surface area contributed by atoms with Crippen LogP contribution in [0.25, 0.3) is 0 Å². The number of primary amides is 1. The zero-order valence-electron chi connectivity index (χ0n) is 17.0. The topological polar surface area (TPSA) is 131 Å². The van der Waals surface area contributed by atoms with Gasteiger partial charge < -0.3 is 25.2 Å². The largest absolute Gasteiger partial charge is 0.490 e. The predicted molar refractivity (Wildman–Crippen MR) is 109 cm³/mol. The molecule has 11 heteroatoms. The summed E-state index contributed by atoms with van der Waals surface area (Å²) >= 11 is 0. The van der Waals surface area contributed by atoms with Crippen LogP contribution in [0.15, 0.2) is 36.4 Å². The molecule has 0 aromatic heterocycles. The number of carbonyl (C=O) groups excluding carboxylic acids is 2. The third-order valence-electron chi connectivity index (χ3n) is 4.85. The number of fused-ring (bicyclic) bond motifs is 1. The van der Waals surface area contributed by atoms with Crippen LogP contribution in [-0.2, 0) is 11.3 Å². The van der Waals surface area contributed by atoms with Crippen LogP contribution in [0.2, 0.25) is 0 Å². The lowest BCUT2D eigenvalue weighted by molar-refractivity contribution is -0.119. The van der Waals surface area contributed by atoms with E-state index in [0.29, 0.717) is 11.1 Å². The molecule has 1 aliphatic heterocycles. The summed E-state index contributed by atoms with van der Waals surface area (Å²) in [5.41, 5.74) is 6.70. The fourth-order valence-corrected chi connectivity index (χ4v) is 3.65. The molecule has 2 aromatic rings. The Morgan fingerprint density at radius 3 is 2.62 bits per heavy atom. The number of nitrogens with two attached hydrogens (primary N) is 1. The lowest BCUT2D eigenvalue weighted by atomic mass is 10.0. The number of ether oxygens (including phenoxy) is 2. The van der Waals surface area contributed by atoms with Crippen LogP contribution >= 0.6 is 0 Å². The Balaban J connectivity index is 2.00. The first-order valence-corrected chi connectivity index (χ1v) is 9.63. The first-order valence-electron chi connectivity index (χ1n) is 9.63. The molecular weight excluding hydrogens is 428 g/mol. The van der Waals surface area contributed by atoms with Crippen molar-refractivity contribution in [1.82, 2.24) is 4.90 Å². The van der Waals surface area contributed by atoms with Crippen LogP contribution in [0.1, 0.15) is 40.9 Å². The van der Waals surface area contributed by atoms with Crippen molar-refractivity contribution < 1.29 is 37.7 Å². The van der Waals surface area contributed by atoms with Gasteiger partial charge in [-0.25, -0.2) is 4.79 Å². The minimum atomic E-state index is -3.06. The van der Waals surface area contributed by atoms with Crippen molar-refractivity contribution in [3.8, 4) is 11.5 Å². The molecule has 2 aromatic carbocycles. The average Bonchev–Trinajstić information content (AvgIpc) is 3.04. The Hall–Kier alpha value is -3.89. The van der Waals surface area contributed by atoms with E-state index in [0.717, 1.165) is 0 Å². The minimum absolute atomic E-state index is 0.0252. The Kier molecular flexibility index (Phi) is 6.76. The monoisotopic (exact) mass is 449 g/mol. The van der Waals surface area contributed by atoms with Crippen molar-refractivity contribution in [1.29, 1.82) is 0 Å². The molecule has 0 spiro atoms. The van der Waals surface area contributed by atoms with Gasteiger partial charge in [0.05, 0.1) is 30.3 Å². The number of carbonyl (C=O) groups is 3. The van der Waals surface area contributed by atoms with E-state index < -0.39 is 30.6 Å². The molecule has 1 aliphatic rings. The van der Waals surface area contributed by atoms with Crippen molar-refractivity contribution >= 4 is 23.6 Å². The summed E-state index contributed by atoms with van der Waals surface area (Å²) in [6.07, 6.45) is -1.57. The second-order valence-electron chi connectivity index (χ2n) is 6.91. The molecule has 0 radical (unpaired) electrons. The van der Waals surface area contributed by atoms with E-state index in [1.807, 2.05) is 0 Å². The molecule has 1 heterocycles. The van der Waals surface area contributed by atoms with Gasteiger partial charge in [0.1, 0.15) is 0 Å². The van der Waals surface area contributed by atoms with Crippen molar-refractivity contribution in [2.75, 3.05) is 11.9 Å². The third-order valence-corrected chi connectivity index (χ3v) is 4.85. The number of halogens is 2. The summed E-state index contributed by atoms with van der Waals surface area (Å²) in [6, 6.07) is 8.03. The van der Waals surface area contributed by atoms with Crippen molar-refractivity contribution in [3.05, 3.63) is 53.1 Å². The predicted octanol–water partition coefficient (Wildman–Crippen LogP) is 3.35. The number of alkyl halides is 2. The SMILES string of the molecule is CCOc1cc(C(CC(N)=O)N2Cc3cccc(NC(=O)O)c3C2=O)ccc1OC(F)F. The van der Waals surface area contributed by atoms with Gasteiger partial charge in [0.15, 0.2) is 11.5 Å². The van der Waals surface area contributed by atoms with Gasteiger partial charge in [0, 0.05) is 6.54 Å². The molecule has 1 atom stereocenters. The number of hydrogen-bond donors (Lipinski definition) is 3. The van der Waals surface area contributed by atoms with Crippen molar-refractivity contribution in [2.45, 2.75) is 32.5 Å². The van der Waals surface area contributed by atoms with Crippen molar-refractivity contribution in [2.24, 2.45) is 5.73 Å². The molecule has 3 rings (SSSR count). The molecule has 9 nitrogen and oxygen atoms in total. The number of amides is 3. The summed E-state index contributed by atoms with van der Waals surface area (Å²) < 4.78 is 35.3. The molecule has 0 aliphatic carbocycles. The molecule has 0 fully saturated rings. The van der Waals surface area contributed by atoms with Gasteiger partial charge >= 0.3 is 12.7 Å². The Morgan fingerprint density at radius 2 is 2.00 bits per heavy atom. The van der Waals surface area contributed by atoms with E-state index in [9.17, 15) is 23.2 Å². The van der Waals surface area contributed by atoms with E-state index in [2.05, 4.69) is 10.1 Å². The highest BCUT2D eigenvalue weighted by atomic mass is 19.3. The van der Waals surface area contributed by atoms with E-state index in [4.69, 9.17) is 15.6 Å². The summed E-state index contributed by atoms with van der Waals surface area (Å²) in [7, 11) is 0.